The van der Waals surface area contributed by atoms with Gasteiger partial charge in [-0.1, -0.05) is 18.9 Å². The summed E-state index contributed by atoms with van der Waals surface area (Å²) in [5.41, 5.74) is 1.45. The average molecular weight is 164 g/mol. The van der Waals surface area contributed by atoms with E-state index in [1.807, 2.05) is 6.08 Å². The Morgan fingerprint density at radius 2 is 2.25 bits per heavy atom. The van der Waals surface area contributed by atoms with E-state index < -0.39 is 0 Å². The van der Waals surface area contributed by atoms with E-state index in [2.05, 4.69) is 6.92 Å². The van der Waals surface area contributed by atoms with Gasteiger partial charge in [-0.2, -0.15) is 0 Å². The molecule has 0 saturated heterocycles. The average Bonchev–Trinajstić information content (AvgIpc) is 2.07. The highest BCUT2D eigenvalue weighted by atomic mass is 16.1. The maximum atomic E-state index is 11.4. The number of carbonyl (C=O) groups excluding carboxylic acids is 1. The van der Waals surface area contributed by atoms with Crippen molar-refractivity contribution in [2.45, 2.75) is 39.0 Å². The fourth-order valence-electron chi connectivity index (χ4n) is 2.44. The number of hydrogen-bond acceptors (Lipinski definition) is 1. The van der Waals surface area contributed by atoms with Crippen LogP contribution in [0.15, 0.2) is 11.6 Å². The Morgan fingerprint density at radius 1 is 1.42 bits per heavy atom. The van der Waals surface area contributed by atoms with Crippen LogP contribution in [0, 0.1) is 11.8 Å². The van der Waals surface area contributed by atoms with Gasteiger partial charge >= 0.3 is 0 Å². The van der Waals surface area contributed by atoms with Crippen molar-refractivity contribution in [2.24, 2.45) is 11.8 Å². The van der Waals surface area contributed by atoms with Crippen molar-refractivity contribution in [3.05, 3.63) is 11.6 Å². The molecule has 2 atom stereocenters. The molecular formula is C11H16O. The van der Waals surface area contributed by atoms with Crippen LogP contribution in [-0.2, 0) is 4.79 Å². The largest absolute Gasteiger partial charge is 0.295 e. The van der Waals surface area contributed by atoms with Crippen LogP contribution in [-0.4, -0.2) is 5.78 Å². The van der Waals surface area contributed by atoms with Crippen LogP contribution >= 0.6 is 0 Å². The minimum Gasteiger partial charge on any atom is -0.295 e. The number of rotatable bonds is 0. The Balaban J connectivity index is 2.19. The SMILES string of the molecule is C[C@H]1C[C@H]2CCCCC2=CC1=O. The topological polar surface area (TPSA) is 17.1 Å². The van der Waals surface area contributed by atoms with Crippen LogP contribution in [0.2, 0.25) is 0 Å². The number of fused-ring (bicyclic) bond motifs is 1. The maximum Gasteiger partial charge on any atom is 0.158 e. The predicted molar refractivity (Wildman–Crippen MR) is 48.8 cm³/mol. The summed E-state index contributed by atoms with van der Waals surface area (Å²) in [6.07, 6.45) is 8.21. The van der Waals surface area contributed by atoms with Crippen molar-refractivity contribution < 1.29 is 4.79 Å². The smallest absolute Gasteiger partial charge is 0.158 e. The lowest BCUT2D eigenvalue weighted by Crippen LogP contribution is -2.23. The standard InChI is InChI=1S/C11H16O/c1-8-6-9-4-2-3-5-10(9)7-11(8)12/h7-9H,2-6H2,1H3/t8-,9+/m0/s1. The zero-order chi connectivity index (χ0) is 8.55. The van der Waals surface area contributed by atoms with Gasteiger partial charge in [-0.05, 0) is 37.7 Å². The van der Waals surface area contributed by atoms with Gasteiger partial charge in [0.25, 0.3) is 0 Å². The van der Waals surface area contributed by atoms with Gasteiger partial charge in [-0.25, -0.2) is 0 Å². The van der Waals surface area contributed by atoms with Crippen LogP contribution in [0.1, 0.15) is 39.0 Å². The molecule has 0 aromatic heterocycles. The molecule has 1 heteroatoms. The van der Waals surface area contributed by atoms with Gasteiger partial charge < -0.3 is 0 Å². The molecular weight excluding hydrogens is 148 g/mol. The molecule has 2 rings (SSSR count). The Bertz CT molecular complexity index is 227. The van der Waals surface area contributed by atoms with Crippen molar-refractivity contribution in [2.75, 3.05) is 0 Å². The van der Waals surface area contributed by atoms with Crippen molar-refractivity contribution in [1.82, 2.24) is 0 Å². The lowest BCUT2D eigenvalue weighted by Gasteiger charge is -2.30. The normalized spacial score (nSPS) is 35.8. The Morgan fingerprint density at radius 3 is 3.08 bits per heavy atom. The Kier molecular flexibility index (Phi) is 2.03. The van der Waals surface area contributed by atoms with E-state index in [1.165, 1.54) is 31.3 Å². The molecule has 0 bridgehead atoms. The van der Waals surface area contributed by atoms with Crippen molar-refractivity contribution >= 4 is 5.78 Å². The fourth-order valence-corrected chi connectivity index (χ4v) is 2.44. The highest BCUT2D eigenvalue weighted by molar-refractivity contribution is 5.93. The summed E-state index contributed by atoms with van der Waals surface area (Å²) < 4.78 is 0. The van der Waals surface area contributed by atoms with E-state index in [0.717, 1.165) is 12.3 Å². The molecule has 2 aliphatic rings. The summed E-state index contributed by atoms with van der Waals surface area (Å²) in [6.45, 7) is 2.06. The molecule has 0 N–H and O–H groups in total. The molecule has 12 heavy (non-hydrogen) atoms. The van der Waals surface area contributed by atoms with Crippen LogP contribution in [0.5, 0.6) is 0 Å². The molecule has 0 aromatic carbocycles. The summed E-state index contributed by atoms with van der Waals surface area (Å²) in [5.74, 6) is 1.41. The lowest BCUT2D eigenvalue weighted by atomic mass is 9.74. The Labute approximate surface area is 73.8 Å². The first-order valence-electron chi connectivity index (χ1n) is 5.01. The quantitative estimate of drug-likeness (QED) is 0.538. The van der Waals surface area contributed by atoms with Crippen molar-refractivity contribution in [3.63, 3.8) is 0 Å². The zero-order valence-corrected chi connectivity index (χ0v) is 7.68. The van der Waals surface area contributed by atoms with E-state index in [1.54, 1.807) is 0 Å². The van der Waals surface area contributed by atoms with Gasteiger partial charge in [-0.15, -0.1) is 0 Å². The molecule has 0 aromatic rings. The molecule has 2 aliphatic carbocycles. The highest BCUT2D eigenvalue weighted by Crippen LogP contribution is 2.37. The van der Waals surface area contributed by atoms with Crippen molar-refractivity contribution in [3.8, 4) is 0 Å². The molecule has 0 heterocycles. The molecule has 1 nitrogen and oxygen atoms in total. The summed E-state index contributed by atoms with van der Waals surface area (Å²) >= 11 is 0. The van der Waals surface area contributed by atoms with Gasteiger partial charge in [0.1, 0.15) is 0 Å². The van der Waals surface area contributed by atoms with E-state index in [0.29, 0.717) is 5.78 Å². The minimum atomic E-state index is 0.289. The second-order valence-corrected chi connectivity index (χ2v) is 4.20. The monoisotopic (exact) mass is 164 g/mol. The van der Waals surface area contributed by atoms with E-state index in [9.17, 15) is 4.79 Å². The van der Waals surface area contributed by atoms with Gasteiger partial charge in [-0.3, -0.25) is 4.79 Å². The lowest BCUT2D eigenvalue weighted by molar-refractivity contribution is -0.118. The van der Waals surface area contributed by atoms with Crippen molar-refractivity contribution in [1.29, 1.82) is 0 Å². The first-order chi connectivity index (χ1) is 5.77. The molecule has 66 valence electrons. The zero-order valence-electron chi connectivity index (χ0n) is 7.68. The fraction of sp³-hybridized carbons (Fsp3) is 0.727. The van der Waals surface area contributed by atoms with Crippen LogP contribution in [0.4, 0.5) is 0 Å². The molecule has 1 saturated carbocycles. The van der Waals surface area contributed by atoms with Crippen LogP contribution in [0.25, 0.3) is 0 Å². The molecule has 0 amide bonds. The maximum absolute atomic E-state index is 11.4. The second-order valence-electron chi connectivity index (χ2n) is 4.20. The summed E-state index contributed by atoms with van der Waals surface area (Å²) in [4.78, 5) is 11.4. The third-order valence-electron chi connectivity index (χ3n) is 3.24. The van der Waals surface area contributed by atoms with Gasteiger partial charge in [0.05, 0.1) is 0 Å². The molecule has 1 fully saturated rings. The number of ketones is 1. The minimum absolute atomic E-state index is 0.289. The number of hydrogen-bond donors (Lipinski definition) is 0. The van der Waals surface area contributed by atoms with E-state index >= 15 is 0 Å². The third-order valence-corrected chi connectivity index (χ3v) is 3.24. The predicted octanol–water partition coefficient (Wildman–Crippen LogP) is 2.71. The summed E-state index contributed by atoms with van der Waals surface area (Å²) in [7, 11) is 0. The van der Waals surface area contributed by atoms with Gasteiger partial charge in [0.15, 0.2) is 5.78 Å². The molecule has 0 spiro atoms. The van der Waals surface area contributed by atoms with E-state index in [-0.39, 0.29) is 5.92 Å². The number of allylic oxidation sites excluding steroid dienone is 2. The molecule has 0 aliphatic heterocycles. The first-order valence-corrected chi connectivity index (χ1v) is 5.01. The van der Waals surface area contributed by atoms with Crippen LogP contribution < -0.4 is 0 Å². The summed E-state index contributed by atoms with van der Waals surface area (Å²) in [6, 6.07) is 0. The highest BCUT2D eigenvalue weighted by Gasteiger charge is 2.28. The van der Waals surface area contributed by atoms with Gasteiger partial charge in [0.2, 0.25) is 0 Å². The Hall–Kier alpha value is -0.590. The molecule has 0 unspecified atom stereocenters. The molecule has 0 radical (unpaired) electrons. The first kappa shape index (κ1) is 8.03. The number of carbonyl (C=O) groups is 1. The van der Waals surface area contributed by atoms with E-state index in [4.69, 9.17) is 0 Å². The second kappa shape index (κ2) is 3.04. The van der Waals surface area contributed by atoms with Gasteiger partial charge in [0, 0.05) is 5.92 Å². The third kappa shape index (κ3) is 1.33. The van der Waals surface area contributed by atoms with Crippen LogP contribution in [0.3, 0.4) is 0 Å². The summed E-state index contributed by atoms with van der Waals surface area (Å²) in [5, 5.41) is 0.